The van der Waals surface area contributed by atoms with Gasteiger partial charge in [-0.2, -0.15) is 4.98 Å². The highest BCUT2D eigenvalue weighted by molar-refractivity contribution is 5.79. The lowest BCUT2D eigenvalue weighted by Gasteiger charge is -2.32. The molecule has 2 heterocycles. The highest BCUT2D eigenvalue weighted by atomic mass is 16.5. The number of likely N-dealkylation sites (tertiary alicyclic amines) is 1. The lowest BCUT2D eigenvalue weighted by molar-refractivity contribution is -0.124. The van der Waals surface area contributed by atoms with Crippen LogP contribution in [0.3, 0.4) is 0 Å². The number of rotatable bonds is 5. The van der Waals surface area contributed by atoms with Crippen LogP contribution < -0.4 is 10.5 Å². The predicted octanol–water partition coefficient (Wildman–Crippen LogP) is 1.58. The van der Waals surface area contributed by atoms with Crippen LogP contribution in [0, 0.1) is 0 Å². The van der Waals surface area contributed by atoms with Gasteiger partial charge in [-0.1, -0.05) is 11.6 Å². The Hall–Kier alpha value is -2.41. The minimum absolute atomic E-state index is 0.250. The van der Waals surface area contributed by atoms with Gasteiger partial charge in [-0.25, -0.2) is 0 Å². The summed E-state index contributed by atoms with van der Waals surface area (Å²) in [6.07, 6.45) is 2.85. The molecule has 0 spiro atoms. The van der Waals surface area contributed by atoms with Gasteiger partial charge in [0.05, 0.1) is 19.7 Å². The first-order valence-corrected chi connectivity index (χ1v) is 7.68. The van der Waals surface area contributed by atoms with Gasteiger partial charge in [-0.3, -0.25) is 9.69 Å². The van der Waals surface area contributed by atoms with E-state index in [0.29, 0.717) is 18.3 Å². The van der Waals surface area contributed by atoms with Crippen LogP contribution in [0.4, 0.5) is 0 Å². The Morgan fingerprint density at radius 2 is 2.17 bits per heavy atom. The highest BCUT2D eigenvalue weighted by Gasteiger charge is 2.28. The Balaban J connectivity index is 1.72. The molecule has 0 unspecified atom stereocenters. The van der Waals surface area contributed by atoms with Crippen LogP contribution in [0.2, 0.25) is 0 Å². The smallest absolute Gasteiger partial charge is 0.241 e. The average molecular weight is 316 g/mol. The predicted molar refractivity (Wildman–Crippen MR) is 83.5 cm³/mol. The first-order chi connectivity index (χ1) is 11.2. The third-order valence-corrected chi connectivity index (χ3v) is 4.10. The molecule has 122 valence electrons. The average Bonchev–Trinajstić information content (AvgIpc) is 3.04. The van der Waals surface area contributed by atoms with Gasteiger partial charge in [0.2, 0.25) is 17.6 Å². The number of nitrogens with two attached hydrogens (primary N) is 1. The van der Waals surface area contributed by atoms with Gasteiger partial charge in [0.15, 0.2) is 0 Å². The Labute approximate surface area is 134 Å². The molecule has 1 amide bonds. The van der Waals surface area contributed by atoms with Crippen molar-refractivity contribution in [2.24, 2.45) is 5.73 Å². The second-order valence-corrected chi connectivity index (χ2v) is 5.62. The largest absolute Gasteiger partial charge is 0.497 e. The molecule has 3 rings (SSSR count). The number of hydrogen-bond donors (Lipinski definition) is 1. The highest BCUT2D eigenvalue weighted by Crippen LogP contribution is 2.22. The molecule has 2 N–H and O–H groups in total. The van der Waals surface area contributed by atoms with Crippen molar-refractivity contribution >= 4 is 5.91 Å². The molecule has 1 atom stereocenters. The summed E-state index contributed by atoms with van der Waals surface area (Å²) in [6, 6.07) is 7.19. The number of ether oxygens (including phenoxy) is 1. The lowest BCUT2D eigenvalue weighted by atomic mass is 10.0. The fourth-order valence-electron chi connectivity index (χ4n) is 2.85. The fraction of sp³-hybridized carbons (Fsp3) is 0.438. The molecule has 0 radical (unpaired) electrons. The summed E-state index contributed by atoms with van der Waals surface area (Å²) < 4.78 is 10.5. The Morgan fingerprint density at radius 3 is 2.87 bits per heavy atom. The Kier molecular flexibility index (Phi) is 4.57. The summed E-state index contributed by atoms with van der Waals surface area (Å²) >= 11 is 0. The zero-order valence-electron chi connectivity index (χ0n) is 13.1. The van der Waals surface area contributed by atoms with Gasteiger partial charge in [0, 0.05) is 5.56 Å². The van der Waals surface area contributed by atoms with E-state index in [1.807, 2.05) is 29.2 Å². The van der Waals surface area contributed by atoms with E-state index in [1.165, 1.54) is 0 Å². The number of primary amides is 1. The van der Waals surface area contributed by atoms with Crippen molar-refractivity contribution in [3.63, 3.8) is 0 Å². The van der Waals surface area contributed by atoms with Gasteiger partial charge < -0.3 is 15.0 Å². The molecule has 0 saturated carbocycles. The van der Waals surface area contributed by atoms with Crippen LogP contribution in [-0.4, -0.2) is 40.6 Å². The number of carbonyl (C=O) groups excluding carboxylic acids is 1. The van der Waals surface area contributed by atoms with Crippen molar-refractivity contribution in [1.29, 1.82) is 0 Å². The van der Waals surface area contributed by atoms with Crippen LogP contribution >= 0.6 is 0 Å². The minimum Gasteiger partial charge on any atom is -0.497 e. The minimum atomic E-state index is -0.292. The number of hydrogen-bond acceptors (Lipinski definition) is 6. The third-order valence-electron chi connectivity index (χ3n) is 4.10. The zero-order valence-corrected chi connectivity index (χ0v) is 13.1. The van der Waals surface area contributed by atoms with E-state index in [2.05, 4.69) is 10.1 Å². The number of benzene rings is 1. The van der Waals surface area contributed by atoms with E-state index in [-0.39, 0.29) is 11.9 Å². The van der Waals surface area contributed by atoms with Gasteiger partial charge >= 0.3 is 0 Å². The number of amides is 1. The summed E-state index contributed by atoms with van der Waals surface area (Å²) in [6.45, 7) is 1.25. The third kappa shape index (κ3) is 3.50. The first kappa shape index (κ1) is 15.5. The number of nitrogens with zero attached hydrogens (tertiary/aromatic N) is 3. The summed E-state index contributed by atoms with van der Waals surface area (Å²) in [7, 11) is 1.62. The molecule has 1 aliphatic rings. The topological polar surface area (TPSA) is 94.5 Å². The number of methoxy groups -OCH3 is 1. The molecule has 1 saturated heterocycles. The molecular weight excluding hydrogens is 296 g/mol. The summed E-state index contributed by atoms with van der Waals surface area (Å²) in [5.41, 5.74) is 6.33. The maximum atomic E-state index is 11.5. The van der Waals surface area contributed by atoms with Crippen LogP contribution in [0.5, 0.6) is 5.75 Å². The molecule has 1 aliphatic heterocycles. The van der Waals surface area contributed by atoms with Gasteiger partial charge in [0.25, 0.3) is 0 Å². The Morgan fingerprint density at radius 1 is 1.39 bits per heavy atom. The van der Waals surface area contributed by atoms with Crippen molar-refractivity contribution in [3.05, 3.63) is 30.2 Å². The molecule has 1 aromatic carbocycles. The van der Waals surface area contributed by atoms with Gasteiger partial charge in [-0.15, -0.1) is 0 Å². The lowest BCUT2D eigenvalue weighted by Crippen LogP contribution is -2.47. The summed E-state index contributed by atoms with van der Waals surface area (Å²) in [4.78, 5) is 18.0. The van der Waals surface area contributed by atoms with Gasteiger partial charge in [0.1, 0.15) is 5.75 Å². The fourth-order valence-corrected chi connectivity index (χ4v) is 2.85. The first-order valence-electron chi connectivity index (χ1n) is 7.68. The van der Waals surface area contributed by atoms with Crippen LogP contribution in [-0.2, 0) is 11.3 Å². The second kappa shape index (κ2) is 6.78. The normalized spacial score (nSPS) is 18.7. The molecule has 7 nitrogen and oxygen atoms in total. The summed E-state index contributed by atoms with van der Waals surface area (Å²) in [5, 5.41) is 4.01. The molecule has 1 fully saturated rings. The zero-order chi connectivity index (χ0) is 16.2. The maximum absolute atomic E-state index is 11.5. The standard InChI is InChI=1S/C16H20N4O3/c1-22-12-7-5-11(6-8-12)16-18-14(23-19-16)10-20-9-3-2-4-13(20)15(17)21/h5-8,13H,2-4,9-10H2,1H3,(H2,17,21)/t13-/m0/s1. The van der Waals surface area contributed by atoms with Gasteiger partial charge in [-0.05, 0) is 43.7 Å². The Bertz CT molecular complexity index is 668. The molecule has 23 heavy (non-hydrogen) atoms. The molecule has 0 aliphatic carbocycles. The van der Waals surface area contributed by atoms with E-state index < -0.39 is 0 Å². The van der Waals surface area contributed by atoms with E-state index in [1.54, 1.807) is 7.11 Å². The number of carbonyl (C=O) groups is 1. The SMILES string of the molecule is COc1ccc(-c2noc(CN3CCCC[C@H]3C(N)=O)n2)cc1. The molecule has 2 aromatic rings. The van der Waals surface area contributed by atoms with Crippen molar-refractivity contribution in [2.75, 3.05) is 13.7 Å². The van der Waals surface area contributed by atoms with Crippen molar-refractivity contribution in [3.8, 4) is 17.1 Å². The van der Waals surface area contributed by atoms with Crippen LogP contribution in [0.15, 0.2) is 28.8 Å². The van der Waals surface area contributed by atoms with Crippen molar-refractivity contribution in [2.45, 2.75) is 31.8 Å². The van der Waals surface area contributed by atoms with Crippen LogP contribution in [0.1, 0.15) is 25.2 Å². The van der Waals surface area contributed by atoms with E-state index in [9.17, 15) is 4.79 Å². The monoisotopic (exact) mass is 316 g/mol. The molecule has 1 aromatic heterocycles. The maximum Gasteiger partial charge on any atom is 0.241 e. The summed E-state index contributed by atoms with van der Waals surface area (Å²) in [5.74, 6) is 1.49. The second-order valence-electron chi connectivity index (χ2n) is 5.62. The molecular formula is C16H20N4O3. The number of aromatic nitrogens is 2. The van der Waals surface area contributed by atoms with Crippen molar-refractivity contribution in [1.82, 2.24) is 15.0 Å². The molecule has 0 bridgehead atoms. The quantitative estimate of drug-likeness (QED) is 0.900. The van der Waals surface area contributed by atoms with Crippen molar-refractivity contribution < 1.29 is 14.1 Å². The van der Waals surface area contributed by atoms with E-state index >= 15 is 0 Å². The number of piperidine rings is 1. The van der Waals surface area contributed by atoms with E-state index in [0.717, 1.165) is 37.1 Å². The van der Waals surface area contributed by atoms with E-state index in [4.69, 9.17) is 15.0 Å². The molecule has 7 heteroatoms. The van der Waals surface area contributed by atoms with Crippen LogP contribution in [0.25, 0.3) is 11.4 Å².